The highest BCUT2D eigenvalue weighted by atomic mass is 35.5. The van der Waals surface area contributed by atoms with Gasteiger partial charge in [0.2, 0.25) is 0 Å². The molecule has 0 saturated heterocycles. The third-order valence-electron chi connectivity index (χ3n) is 5.06. The molecule has 2 aromatic rings. The SMILES string of the molecule is C=CC(O)C(=C)CC(CCl)O[Si](c1ccccc1)(c1ccccc1)C(C)(C)C. The fourth-order valence-corrected chi connectivity index (χ4v) is 8.61. The van der Waals surface area contributed by atoms with Crippen molar-refractivity contribution in [3.8, 4) is 0 Å². The van der Waals surface area contributed by atoms with Gasteiger partial charge in [-0.3, -0.25) is 0 Å². The Bertz CT molecular complexity index is 729. The van der Waals surface area contributed by atoms with Crippen LogP contribution in [0.25, 0.3) is 0 Å². The molecule has 4 heteroatoms. The number of benzene rings is 2. The number of rotatable bonds is 9. The van der Waals surface area contributed by atoms with Crippen molar-refractivity contribution in [1.29, 1.82) is 0 Å². The second-order valence-electron chi connectivity index (χ2n) is 8.10. The fourth-order valence-electron chi connectivity index (χ4n) is 3.65. The van der Waals surface area contributed by atoms with Gasteiger partial charge < -0.3 is 9.53 Å². The van der Waals surface area contributed by atoms with Gasteiger partial charge in [0.25, 0.3) is 8.32 Å². The smallest absolute Gasteiger partial charge is 0.261 e. The van der Waals surface area contributed by atoms with Gasteiger partial charge in [-0.2, -0.15) is 0 Å². The maximum absolute atomic E-state index is 10.1. The van der Waals surface area contributed by atoms with E-state index in [1.54, 1.807) is 0 Å². The molecule has 0 aromatic heterocycles. The molecular formula is C24H31ClO2Si. The highest BCUT2D eigenvalue weighted by molar-refractivity contribution is 6.99. The third kappa shape index (κ3) is 4.84. The summed E-state index contributed by atoms with van der Waals surface area (Å²) >= 11 is 6.34. The van der Waals surface area contributed by atoms with E-state index in [2.05, 4.69) is 82.5 Å². The lowest BCUT2D eigenvalue weighted by atomic mass is 10.1. The Morgan fingerprint density at radius 3 is 1.89 bits per heavy atom. The van der Waals surface area contributed by atoms with Gasteiger partial charge >= 0.3 is 0 Å². The van der Waals surface area contributed by atoms with Gasteiger partial charge in [-0.05, 0) is 27.4 Å². The van der Waals surface area contributed by atoms with Crippen molar-refractivity contribution in [3.63, 3.8) is 0 Å². The average molecular weight is 415 g/mol. The number of aliphatic hydroxyl groups excluding tert-OH is 1. The lowest BCUT2D eigenvalue weighted by molar-refractivity contribution is 0.191. The molecule has 28 heavy (non-hydrogen) atoms. The van der Waals surface area contributed by atoms with E-state index in [0.717, 1.165) is 0 Å². The predicted molar refractivity (Wildman–Crippen MR) is 123 cm³/mol. The van der Waals surface area contributed by atoms with Crippen molar-refractivity contribution >= 4 is 30.3 Å². The Morgan fingerprint density at radius 2 is 1.54 bits per heavy atom. The van der Waals surface area contributed by atoms with Gasteiger partial charge in [0.1, 0.15) is 0 Å². The van der Waals surface area contributed by atoms with Crippen LogP contribution in [0.1, 0.15) is 27.2 Å². The minimum Gasteiger partial charge on any atom is -0.403 e. The summed E-state index contributed by atoms with van der Waals surface area (Å²) in [6.45, 7) is 14.4. The zero-order chi connectivity index (χ0) is 20.8. The molecule has 0 fully saturated rings. The molecule has 0 amide bonds. The summed E-state index contributed by atoms with van der Waals surface area (Å²) in [6.07, 6.45) is 0.959. The fraction of sp³-hybridized carbons (Fsp3) is 0.333. The Hall–Kier alpha value is -1.65. The zero-order valence-electron chi connectivity index (χ0n) is 17.1. The summed E-state index contributed by atoms with van der Waals surface area (Å²) in [5, 5.41) is 12.3. The maximum atomic E-state index is 10.1. The molecule has 0 saturated carbocycles. The Balaban J connectivity index is 2.57. The standard InChI is InChI=1S/C24H31ClO2Si/c1-6-23(26)19(2)17-20(18-25)27-28(24(3,4)5,21-13-9-7-10-14-21)22-15-11-8-12-16-22/h6-16,20,23,26H,1-2,17-18H2,3-5H3. The summed E-state index contributed by atoms with van der Waals surface area (Å²) in [5.41, 5.74) is 0.665. The molecule has 0 aliphatic rings. The van der Waals surface area contributed by atoms with Crippen LogP contribution in [0.5, 0.6) is 0 Å². The van der Waals surface area contributed by atoms with E-state index >= 15 is 0 Å². The van der Waals surface area contributed by atoms with E-state index in [4.69, 9.17) is 16.0 Å². The molecule has 2 rings (SSSR count). The van der Waals surface area contributed by atoms with Crippen LogP contribution in [0.4, 0.5) is 0 Å². The minimum atomic E-state index is -2.68. The molecular weight excluding hydrogens is 384 g/mol. The molecule has 1 N–H and O–H groups in total. The first-order valence-electron chi connectivity index (χ1n) is 9.59. The van der Waals surface area contributed by atoms with Crippen molar-refractivity contribution in [1.82, 2.24) is 0 Å². The minimum absolute atomic E-state index is 0.127. The van der Waals surface area contributed by atoms with E-state index in [9.17, 15) is 5.11 Å². The van der Waals surface area contributed by atoms with Crippen LogP contribution in [-0.4, -0.2) is 31.5 Å². The molecule has 0 radical (unpaired) electrons. The third-order valence-corrected chi connectivity index (χ3v) is 10.5. The first-order chi connectivity index (χ1) is 13.3. The quantitative estimate of drug-likeness (QED) is 0.367. The summed E-state index contributed by atoms with van der Waals surface area (Å²) in [6, 6.07) is 20.9. The first-order valence-corrected chi connectivity index (χ1v) is 12.0. The molecule has 0 aliphatic heterocycles. The van der Waals surface area contributed by atoms with Crippen LogP contribution in [0, 0.1) is 0 Å². The monoisotopic (exact) mass is 414 g/mol. The van der Waals surface area contributed by atoms with Crippen molar-refractivity contribution < 1.29 is 9.53 Å². The Labute approximate surface area is 175 Å². The molecule has 2 nitrogen and oxygen atoms in total. The normalized spacial score (nSPS) is 14.3. The summed E-state index contributed by atoms with van der Waals surface area (Å²) in [7, 11) is -2.68. The van der Waals surface area contributed by atoms with Crippen LogP contribution in [0.15, 0.2) is 85.5 Å². The lowest BCUT2D eigenvalue weighted by Gasteiger charge is -2.45. The molecule has 0 aliphatic carbocycles. The summed E-state index contributed by atoms with van der Waals surface area (Å²) < 4.78 is 6.99. The molecule has 0 heterocycles. The highest BCUT2D eigenvalue weighted by Gasteiger charge is 2.51. The first kappa shape index (κ1) is 22.6. The van der Waals surface area contributed by atoms with Gasteiger partial charge in [-0.1, -0.05) is 94.1 Å². The second kappa shape index (κ2) is 9.70. The van der Waals surface area contributed by atoms with E-state index in [1.165, 1.54) is 16.4 Å². The predicted octanol–water partition coefficient (Wildman–Crippen LogP) is 4.66. The van der Waals surface area contributed by atoms with E-state index in [1.807, 2.05) is 12.1 Å². The van der Waals surface area contributed by atoms with Crippen LogP contribution in [-0.2, 0) is 4.43 Å². The molecule has 2 atom stereocenters. The Kier molecular flexibility index (Phi) is 7.85. The number of aliphatic hydroxyl groups is 1. The average Bonchev–Trinajstić information content (AvgIpc) is 2.70. The maximum Gasteiger partial charge on any atom is 0.261 e. The van der Waals surface area contributed by atoms with Crippen LogP contribution in [0.2, 0.25) is 5.04 Å². The van der Waals surface area contributed by atoms with Crippen LogP contribution < -0.4 is 10.4 Å². The van der Waals surface area contributed by atoms with Gasteiger partial charge in [0.15, 0.2) is 0 Å². The van der Waals surface area contributed by atoms with Gasteiger partial charge in [0.05, 0.1) is 12.2 Å². The van der Waals surface area contributed by atoms with Crippen LogP contribution >= 0.6 is 11.6 Å². The van der Waals surface area contributed by atoms with E-state index in [0.29, 0.717) is 17.9 Å². The summed E-state index contributed by atoms with van der Waals surface area (Å²) in [4.78, 5) is 0. The molecule has 150 valence electrons. The molecule has 2 unspecified atom stereocenters. The van der Waals surface area contributed by atoms with E-state index in [-0.39, 0.29) is 11.1 Å². The number of hydrogen-bond acceptors (Lipinski definition) is 2. The highest BCUT2D eigenvalue weighted by Crippen LogP contribution is 2.38. The summed E-state index contributed by atoms with van der Waals surface area (Å²) in [5.74, 6) is 0.327. The number of hydrogen-bond donors (Lipinski definition) is 1. The van der Waals surface area contributed by atoms with E-state index < -0.39 is 14.4 Å². The van der Waals surface area contributed by atoms with Crippen molar-refractivity contribution in [2.45, 2.75) is 44.4 Å². The van der Waals surface area contributed by atoms with Crippen molar-refractivity contribution in [3.05, 3.63) is 85.5 Å². The Morgan fingerprint density at radius 1 is 1.07 bits per heavy atom. The van der Waals surface area contributed by atoms with Gasteiger partial charge in [-0.25, -0.2) is 0 Å². The van der Waals surface area contributed by atoms with Gasteiger partial charge in [-0.15, -0.1) is 18.2 Å². The van der Waals surface area contributed by atoms with Crippen molar-refractivity contribution in [2.24, 2.45) is 0 Å². The molecule has 0 spiro atoms. The van der Waals surface area contributed by atoms with Gasteiger partial charge in [0, 0.05) is 5.88 Å². The lowest BCUT2D eigenvalue weighted by Crippen LogP contribution is -2.67. The topological polar surface area (TPSA) is 29.5 Å². The number of alkyl halides is 1. The molecule has 0 bridgehead atoms. The number of halogens is 1. The van der Waals surface area contributed by atoms with Crippen LogP contribution in [0.3, 0.4) is 0 Å². The zero-order valence-corrected chi connectivity index (χ0v) is 18.8. The second-order valence-corrected chi connectivity index (χ2v) is 12.7. The van der Waals surface area contributed by atoms with Crippen molar-refractivity contribution in [2.75, 3.05) is 5.88 Å². The molecule has 2 aromatic carbocycles. The largest absolute Gasteiger partial charge is 0.403 e.